The van der Waals surface area contributed by atoms with Crippen LogP contribution in [0.4, 0.5) is 5.95 Å². The van der Waals surface area contributed by atoms with Crippen LogP contribution in [0.2, 0.25) is 0 Å². The highest BCUT2D eigenvalue weighted by Gasteiger charge is 1.98. The maximum atomic E-state index is 4.21. The van der Waals surface area contributed by atoms with E-state index in [-0.39, 0.29) is 0 Å². The van der Waals surface area contributed by atoms with Gasteiger partial charge in [-0.25, -0.2) is 15.0 Å². The third-order valence-corrected chi connectivity index (χ3v) is 1.31. The second kappa shape index (κ2) is 3.49. The van der Waals surface area contributed by atoms with E-state index in [1.165, 1.54) is 0 Å². The molecule has 1 rings (SSSR count). The van der Waals surface area contributed by atoms with Crippen molar-refractivity contribution < 1.29 is 0 Å². The molecule has 1 aromatic heterocycles. The number of hydrogen-bond donors (Lipinski definition) is 1. The van der Waals surface area contributed by atoms with Crippen LogP contribution in [0.25, 0.3) is 0 Å². The zero-order chi connectivity index (χ0) is 9.14. The van der Waals surface area contributed by atoms with Gasteiger partial charge in [-0.2, -0.15) is 0 Å². The number of hydrazine groups is 1. The summed E-state index contributed by atoms with van der Waals surface area (Å²) in [5.74, 6) is 0.650. The first-order chi connectivity index (χ1) is 5.58. The molecule has 1 heterocycles. The summed E-state index contributed by atoms with van der Waals surface area (Å²) < 4.78 is 0. The molecule has 0 unspecified atom stereocenters. The number of nitrogens with zero attached hydrogens (tertiary/aromatic N) is 3. The second-order valence-corrected chi connectivity index (χ2v) is 2.98. The second-order valence-electron chi connectivity index (χ2n) is 2.98. The van der Waals surface area contributed by atoms with Crippen LogP contribution in [0.15, 0.2) is 6.07 Å². The predicted molar refractivity (Wildman–Crippen MR) is 48.8 cm³/mol. The maximum Gasteiger partial charge on any atom is 0.237 e. The molecule has 4 heteroatoms. The lowest BCUT2D eigenvalue weighted by molar-refractivity contribution is 0.488. The molecule has 0 saturated heterocycles. The number of hydrogen-bond acceptors (Lipinski definition) is 4. The lowest BCUT2D eigenvalue weighted by Gasteiger charge is -2.11. The monoisotopic (exact) mass is 166 g/mol. The number of aromatic nitrogens is 2. The molecule has 1 aromatic rings. The van der Waals surface area contributed by atoms with Crippen LogP contribution >= 0.6 is 0 Å². The number of nitrogens with one attached hydrogen (secondary N) is 1. The molecule has 0 spiro atoms. The molecule has 0 aliphatic carbocycles. The molecule has 0 amide bonds. The summed E-state index contributed by atoms with van der Waals surface area (Å²) >= 11 is 0. The van der Waals surface area contributed by atoms with Gasteiger partial charge in [0.2, 0.25) is 5.95 Å². The lowest BCUT2D eigenvalue weighted by Crippen LogP contribution is -2.21. The minimum Gasteiger partial charge on any atom is -0.287 e. The van der Waals surface area contributed by atoms with E-state index in [0.717, 1.165) is 11.4 Å². The Bertz CT molecular complexity index is 250. The van der Waals surface area contributed by atoms with Gasteiger partial charge in [-0.3, -0.25) is 5.43 Å². The largest absolute Gasteiger partial charge is 0.287 e. The van der Waals surface area contributed by atoms with Crippen molar-refractivity contribution in [3.05, 3.63) is 17.5 Å². The molecular weight excluding hydrogens is 152 g/mol. The molecule has 0 fully saturated rings. The van der Waals surface area contributed by atoms with E-state index in [0.29, 0.717) is 5.95 Å². The Balaban J connectivity index is 2.85. The van der Waals surface area contributed by atoms with E-state index < -0.39 is 0 Å². The standard InChI is InChI=1S/C8H14N4/c1-6-5-7(2)10-8(9-6)11-12(3)4/h5H,1-4H3,(H,9,10,11). The fourth-order valence-electron chi connectivity index (χ4n) is 0.976. The van der Waals surface area contributed by atoms with Crippen LogP contribution in [0.5, 0.6) is 0 Å². The van der Waals surface area contributed by atoms with Crippen molar-refractivity contribution in [2.45, 2.75) is 13.8 Å². The number of aryl methyl sites for hydroxylation is 2. The van der Waals surface area contributed by atoms with Gasteiger partial charge in [-0.05, 0) is 19.9 Å². The fourth-order valence-corrected chi connectivity index (χ4v) is 0.976. The molecule has 66 valence electrons. The summed E-state index contributed by atoms with van der Waals surface area (Å²) in [5.41, 5.74) is 4.95. The van der Waals surface area contributed by atoms with Gasteiger partial charge >= 0.3 is 0 Å². The fraction of sp³-hybridized carbons (Fsp3) is 0.500. The summed E-state index contributed by atoms with van der Waals surface area (Å²) in [4.78, 5) is 8.42. The molecule has 0 aromatic carbocycles. The summed E-state index contributed by atoms with van der Waals surface area (Å²) in [6.45, 7) is 3.91. The van der Waals surface area contributed by atoms with Gasteiger partial charge in [0.25, 0.3) is 0 Å². The highest BCUT2D eigenvalue weighted by molar-refractivity contribution is 5.25. The summed E-state index contributed by atoms with van der Waals surface area (Å²) in [7, 11) is 3.81. The van der Waals surface area contributed by atoms with E-state index in [1.807, 2.05) is 39.0 Å². The Morgan fingerprint density at radius 3 is 2.08 bits per heavy atom. The van der Waals surface area contributed by atoms with E-state index in [4.69, 9.17) is 0 Å². The van der Waals surface area contributed by atoms with Crippen molar-refractivity contribution in [1.29, 1.82) is 0 Å². The molecule has 0 bridgehead atoms. The molecule has 4 nitrogen and oxygen atoms in total. The molecule has 12 heavy (non-hydrogen) atoms. The molecule has 0 radical (unpaired) electrons. The van der Waals surface area contributed by atoms with E-state index in [2.05, 4.69) is 15.4 Å². The van der Waals surface area contributed by atoms with Crippen molar-refractivity contribution in [1.82, 2.24) is 15.0 Å². The Kier molecular flexibility index (Phi) is 2.60. The Hall–Kier alpha value is -1.16. The molecule has 0 aliphatic heterocycles. The molecular formula is C8H14N4. The quantitative estimate of drug-likeness (QED) is 0.665. The number of anilines is 1. The molecule has 0 atom stereocenters. The third kappa shape index (κ3) is 2.47. The van der Waals surface area contributed by atoms with Crippen molar-refractivity contribution in [2.24, 2.45) is 0 Å². The first-order valence-electron chi connectivity index (χ1n) is 3.84. The summed E-state index contributed by atoms with van der Waals surface area (Å²) in [6.07, 6.45) is 0. The Morgan fingerprint density at radius 1 is 1.17 bits per heavy atom. The van der Waals surface area contributed by atoms with Gasteiger partial charge in [0.1, 0.15) is 0 Å². The highest BCUT2D eigenvalue weighted by Crippen LogP contribution is 2.03. The molecule has 1 N–H and O–H groups in total. The van der Waals surface area contributed by atoms with Crippen LogP contribution in [0, 0.1) is 13.8 Å². The summed E-state index contributed by atoms with van der Waals surface area (Å²) in [5, 5.41) is 1.81. The predicted octanol–water partition coefficient (Wildman–Crippen LogP) is 0.982. The normalized spacial score (nSPS) is 10.4. The minimum absolute atomic E-state index is 0.650. The van der Waals surface area contributed by atoms with Crippen molar-refractivity contribution in [3.63, 3.8) is 0 Å². The van der Waals surface area contributed by atoms with Crippen LogP contribution in [-0.4, -0.2) is 29.1 Å². The van der Waals surface area contributed by atoms with Gasteiger partial charge in [0, 0.05) is 25.5 Å². The first kappa shape index (κ1) is 8.93. The Morgan fingerprint density at radius 2 is 1.67 bits per heavy atom. The molecule has 0 aliphatic rings. The average Bonchev–Trinajstić information content (AvgIpc) is 1.81. The van der Waals surface area contributed by atoms with Gasteiger partial charge in [-0.1, -0.05) is 0 Å². The van der Waals surface area contributed by atoms with Crippen LogP contribution < -0.4 is 5.43 Å². The molecule has 0 saturated carbocycles. The van der Waals surface area contributed by atoms with Gasteiger partial charge in [-0.15, -0.1) is 0 Å². The average molecular weight is 166 g/mol. The zero-order valence-corrected chi connectivity index (χ0v) is 7.92. The lowest BCUT2D eigenvalue weighted by atomic mass is 10.4. The van der Waals surface area contributed by atoms with Crippen LogP contribution in [0.1, 0.15) is 11.4 Å². The van der Waals surface area contributed by atoms with E-state index in [9.17, 15) is 0 Å². The highest BCUT2D eigenvalue weighted by atomic mass is 15.5. The number of rotatable bonds is 2. The van der Waals surface area contributed by atoms with Gasteiger partial charge in [0.15, 0.2) is 0 Å². The summed E-state index contributed by atoms with van der Waals surface area (Å²) in [6, 6.07) is 1.95. The SMILES string of the molecule is Cc1cc(C)nc(NN(C)C)n1. The smallest absolute Gasteiger partial charge is 0.237 e. The van der Waals surface area contributed by atoms with Crippen molar-refractivity contribution in [3.8, 4) is 0 Å². The van der Waals surface area contributed by atoms with E-state index in [1.54, 1.807) is 0 Å². The minimum atomic E-state index is 0.650. The Labute approximate surface area is 72.6 Å². The zero-order valence-electron chi connectivity index (χ0n) is 7.92. The van der Waals surface area contributed by atoms with Crippen LogP contribution in [0.3, 0.4) is 0 Å². The van der Waals surface area contributed by atoms with Crippen molar-refractivity contribution in [2.75, 3.05) is 19.5 Å². The third-order valence-electron chi connectivity index (χ3n) is 1.31. The van der Waals surface area contributed by atoms with Gasteiger partial charge in [0.05, 0.1) is 0 Å². The van der Waals surface area contributed by atoms with Crippen molar-refractivity contribution >= 4 is 5.95 Å². The first-order valence-corrected chi connectivity index (χ1v) is 3.84. The topological polar surface area (TPSA) is 41.1 Å². The maximum absolute atomic E-state index is 4.21. The van der Waals surface area contributed by atoms with Gasteiger partial charge < -0.3 is 0 Å². The van der Waals surface area contributed by atoms with Crippen LogP contribution in [-0.2, 0) is 0 Å². The van der Waals surface area contributed by atoms with E-state index >= 15 is 0 Å².